The Morgan fingerprint density at radius 1 is 0.708 bits per heavy atom. The first-order chi connectivity index (χ1) is 11.8. The summed E-state index contributed by atoms with van der Waals surface area (Å²) in [6, 6.07) is 0. The van der Waals surface area contributed by atoms with Crippen LogP contribution in [0.15, 0.2) is 12.2 Å². The van der Waals surface area contributed by atoms with E-state index in [0.29, 0.717) is 6.61 Å². The Morgan fingerprint density at radius 3 is 1.75 bits per heavy atom. The number of hydrogen-bond acceptors (Lipinski definition) is 2. The Hall–Kier alpha value is -0.340. The summed E-state index contributed by atoms with van der Waals surface area (Å²) < 4.78 is 5.45. The molecule has 0 saturated heterocycles. The fourth-order valence-electron chi connectivity index (χ4n) is 2.79. The molecule has 1 N–H and O–H groups in total. The van der Waals surface area contributed by atoms with Crippen molar-refractivity contribution < 1.29 is 9.84 Å². The van der Waals surface area contributed by atoms with Gasteiger partial charge in [-0.05, 0) is 38.5 Å². The smallest absolute Gasteiger partial charge is 0.0771 e. The monoisotopic (exact) mass is 340 g/mol. The second-order valence-electron chi connectivity index (χ2n) is 7.07. The Morgan fingerprint density at radius 2 is 1.21 bits per heavy atom. The Bertz CT molecular complexity index is 250. The molecule has 2 nitrogen and oxygen atoms in total. The lowest BCUT2D eigenvalue weighted by atomic mass is 10.1. The van der Waals surface area contributed by atoms with E-state index in [2.05, 4.69) is 19.1 Å². The third-order valence-electron chi connectivity index (χ3n) is 4.58. The lowest BCUT2D eigenvalue weighted by Gasteiger charge is -2.08. The molecular weight excluding hydrogens is 296 g/mol. The normalized spacial score (nSPS) is 13.0. The fraction of sp³-hybridized carbons (Fsp3) is 0.909. The summed E-state index contributed by atoms with van der Waals surface area (Å²) in [7, 11) is 0. The number of rotatable bonds is 19. The summed E-state index contributed by atoms with van der Waals surface area (Å²) in [4.78, 5) is 0. The molecule has 0 rings (SSSR count). The number of hydrogen-bond donors (Lipinski definition) is 1. The highest BCUT2D eigenvalue weighted by Crippen LogP contribution is 2.10. The van der Waals surface area contributed by atoms with Crippen LogP contribution in [-0.4, -0.2) is 24.4 Å². The Labute approximate surface area is 152 Å². The molecule has 0 heterocycles. The largest absolute Gasteiger partial charge is 0.391 e. The Kier molecular flexibility index (Phi) is 20.4. The third kappa shape index (κ3) is 19.7. The van der Waals surface area contributed by atoms with Crippen LogP contribution >= 0.6 is 0 Å². The zero-order chi connectivity index (χ0) is 17.7. The van der Waals surface area contributed by atoms with Crippen LogP contribution in [0.4, 0.5) is 0 Å². The molecule has 24 heavy (non-hydrogen) atoms. The van der Waals surface area contributed by atoms with Gasteiger partial charge in [-0.15, -0.1) is 0 Å². The quantitative estimate of drug-likeness (QED) is 0.207. The number of allylic oxidation sites excluding steroid dienone is 2. The summed E-state index contributed by atoms with van der Waals surface area (Å²) in [5, 5.41) is 9.36. The second-order valence-corrected chi connectivity index (χ2v) is 7.07. The minimum Gasteiger partial charge on any atom is -0.391 e. The van der Waals surface area contributed by atoms with Crippen molar-refractivity contribution in [1.29, 1.82) is 0 Å². The van der Waals surface area contributed by atoms with E-state index in [9.17, 15) is 5.11 Å². The van der Waals surface area contributed by atoms with E-state index in [0.717, 1.165) is 19.4 Å². The van der Waals surface area contributed by atoms with Gasteiger partial charge in [0, 0.05) is 6.61 Å². The van der Waals surface area contributed by atoms with E-state index in [1.54, 1.807) is 0 Å². The molecule has 0 aliphatic heterocycles. The highest BCUT2D eigenvalue weighted by molar-refractivity contribution is 4.81. The van der Waals surface area contributed by atoms with Crippen molar-refractivity contribution in [3.8, 4) is 0 Å². The molecule has 0 aromatic heterocycles. The number of ether oxygens (including phenoxy) is 1. The van der Waals surface area contributed by atoms with Crippen LogP contribution in [0.3, 0.4) is 0 Å². The molecule has 2 heteroatoms. The maximum Gasteiger partial charge on any atom is 0.0771 e. The van der Waals surface area contributed by atoms with Crippen LogP contribution in [0.5, 0.6) is 0 Å². The van der Waals surface area contributed by atoms with Crippen molar-refractivity contribution in [3.05, 3.63) is 12.2 Å². The maximum atomic E-state index is 9.36. The molecule has 0 radical (unpaired) electrons. The standard InChI is InChI=1S/C22H44O2/c1-3-5-6-7-8-9-10-11-12-13-14-15-16-17-18-19-20-24-21-22(23)4-2/h11-12,22-23H,3-10,13-21H2,1-2H3/b12-11-. The molecule has 0 saturated carbocycles. The predicted molar refractivity (Wildman–Crippen MR) is 107 cm³/mol. The van der Waals surface area contributed by atoms with Crippen molar-refractivity contribution in [2.45, 2.75) is 116 Å². The Balaban J connectivity index is 3.08. The van der Waals surface area contributed by atoms with Crippen LogP contribution in [0, 0.1) is 0 Å². The molecule has 0 spiro atoms. The number of aliphatic hydroxyl groups excluding tert-OH is 1. The van der Waals surface area contributed by atoms with Gasteiger partial charge in [-0.2, -0.15) is 0 Å². The first kappa shape index (κ1) is 23.7. The average molecular weight is 341 g/mol. The maximum absolute atomic E-state index is 9.36. The van der Waals surface area contributed by atoms with Crippen LogP contribution < -0.4 is 0 Å². The summed E-state index contributed by atoms with van der Waals surface area (Å²) >= 11 is 0. The molecule has 1 unspecified atom stereocenters. The summed E-state index contributed by atoms with van der Waals surface area (Å²) in [5.41, 5.74) is 0. The van der Waals surface area contributed by atoms with Crippen molar-refractivity contribution >= 4 is 0 Å². The zero-order valence-electron chi connectivity index (χ0n) is 16.6. The van der Waals surface area contributed by atoms with E-state index in [-0.39, 0.29) is 6.10 Å². The van der Waals surface area contributed by atoms with Crippen molar-refractivity contribution in [2.75, 3.05) is 13.2 Å². The minimum absolute atomic E-state index is 0.279. The summed E-state index contributed by atoms with van der Waals surface area (Å²) in [6.07, 6.45) is 24.0. The van der Waals surface area contributed by atoms with Crippen LogP contribution in [0.1, 0.15) is 110 Å². The number of aliphatic hydroxyl groups is 1. The average Bonchev–Trinajstić information content (AvgIpc) is 2.60. The van der Waals surface area contributed by atoms with Gasteiger partial charge < -0.3 is 9.84 Å². The van der Waals surface area contributed by atoms with Gasteiger partial charge in [-0.3, -0.25) is 0 Å². The lowest BCUT2D eigenvalue weighted by Crippen LogP contribution is -2.14. The number of unbranched alkanes of at least 4 members (excludes halogenated alkanes) is 12. The molecule has 0 aliphatic rings. The van der Waals surface area contributed by atoms with E-state index >= 15 is 0 Å². The van der Waals surface area contributed by atoms with Crippen molar-refractivity contribution in [3.63, 3.8) is 0 Å². The topological polar surface area (TPSA) is 29.5 Å². The van der Waals surface area contributed by atoms with Gasteiger partial charge in [0.2, 0.25) is 0 Å². The van der Waals surface area contributed by atoms with E-state index < -0.39 is 0 Å². The van der Waals surface area contributed by atoms with Crippen LogP contribution in [-0.2, 0) is 4.74 Å². The molecule has 0 aromatic carbocycles. The zero-order valence-corrected chi connectivity index (χ0v) is 16.6. The summed E-state index contributed by atoms with van der Waals surface area (Å²) in [6.45, 7) is 5.57. The van der Waals surface area contributed by atoms with Gasteiger partial charge in [0.25, 0.3) is 0 Å². The van der Waals surface area contributed by atoms with Gasteiger partial charge in [0.1, 0.15) is 0 Å². The highest BCUT2D eigenvalue weighted by Gasteiger charge is 1.99. The van der Waals surface area contributed by atoms with Crippen molar-refractivity contribution in [2.24, 2.45) is 0 Å². The summed E-state index contributed by atoms with van der Waals surface area (Å²) in [5.74, 6) is 0. The first-order valence-corrected chi connectivity index (χ1v) is 10.7. The fourth-order valence-corrected chi connectivity index (χ4v) is 2.79. The van der Waals surface area contributed by atoms with E-state index in [1.807, 2.05) is 6.92 Å². The van der Waals surface area contributed by atoms with Crippen LogP contribution in [0.25, 0.3) is 0 Å². The molecule has 0 bridgehead atoms. The van der Waals surface area contributed by atoms with Crippen LogP contribution in [0.2, 0.25) is 0 Å². The van der Waals surface area contributed by atoms with Gasteiger partial charge >= 0.3 is 0 Å². The highest BCUT2D eigenvalue weighted by atomic mass is 16.5. The first-order valence-electron chi connectivity index (χ1n) is 10.7. The lowest BCUT2D eigenvalue weighted by molar-refractivity contribution is 0.0335. The van der Waals surface area contributed by atoms with E-state index in [4.69, 9.17) is 4.74 Å². The van der Waals surface area contributed by atoms with Crippen molar-refractivity contribution in [1.82, 2.24) is 0 Å². The van der Waals surface area contributed by atoms with Gasteiger partial charge in [0.05, 0.1) is 12.7 Å². The van der Waals surface area contributed by atoms with E-state index in [1.165, 1.54) is 83.5 Å². The predicted octanol–water partition coefficient (Wildman–Crippen LogP) is 6.81. The molecule has 144 valence electrons. The van der Waals surface area contributed by atoms with Gasteiger partial charge in [-0.25, -0.2) is 0 Å². The molecule has 0 fully saturated rings. The third-order valence-corrected chi connectivity index (χ3v) is 4.58. The van der Waals surface area contributed by atoms with Gasteiger partial charge in [0.15, 0.2) is 0 Å². The molecule has 0 aromatic rings. The SMILES string of the molecule is CCCCCCCC/C=C\CCCCCCCCOCC(O)CC. The van der Waals surface area contributed by atoms with Gasteiger partial charge in [-0.1, -0.05) is 83.8 Å². The second kappa shape index (κ2) is 20.7. The molecule has 0 aliphatic carbocycles. The molecule has 1 atom stereocenters. The molecular formula is C22H44O2. The molecule has 0 amide bonds. The minimum atomic E-state index is -0.279.